The van der Waals surface area contributed by atoms with Crippen LogP contribution in [0.2, 0.25) is 0 Å². The van der Waals surface area contributed by atoms with Gasteiger partial charge < -0.3 is 5.73 Å². The SMILES string of the molecule is Cc1nc(C)n(-c2nccc(N)n2)n1. The van der Waals surface area contributed by atoms with Gasteiger partial charge in [-0.25, -0.2) is 9.97 Å². The molecule has 0 saturated carbocycles. The number of nitrogen functional groups attached to an aromatic ring is 1. The van der Waals surface area contributed by atoms with Crippen molar-refractivity contribution in [2.45, 2.75) is 13.8 Å². The number of hydrogen-bond donors (Lipinski definition) is 1. The van der Waals surface area contributed by atoms with E-state index in [1.54, 1.807) is 16.9 Å². The fraction of sp³-hybridized carbons (Fsp3) is 0.250. The lowest BCUT2D eigenvalue weighted by atomic mass is 10.6. The third-order valence-electron chi connectivity index (χ3n) is 1.73. The summed E-state index contributed by atoms with van der Waals surface area (Å²) in [6.07, 6.45) is 1.59. The standard InChI is InChI=1S/C8H10N6/c1-5-11-6(2)14(13-5)8-10-4-3-7(9)12-8/h3-4H,1-2H3,(H2,9,10,12). The summed E-state index contributed by atoms with van der Waals surface area (Å²) >= 11 is 0. The molecule has 0 aliphatic heterocycles. The van der Waals surface area contributed by atoms with Crippen LogP contribution in [0.15, 0.2) is 12.3 Å². The van der Waals surface area contributed by atoms with Crippen LogP contribution in [0.5, 0.6) is 0 Å². The van der Waals surface area contributed by atoms with E-state index in [1.807, 2.05) is 13.8 Å². The molecule has 2 heterocycles. The molecule has 0 unspecified atom stereocenters. The molecule has 0 atom stereocenters. The molecule has 6 nitrogen and oxygen atoms in total. The van der Waals surface area contributed by atoms with E-state index >= 15 is 0 Å². The average Bonchev–Trinajstić information content (AvgIpc) is 2.45. The molecule has 0 radical (unpaired) electrons. The molecule has 2 aromatic rings. The minimum Gasteiger partial charge on any atom is -0.384 e. The first-order chi connectivity index (χ1) is 6.66. The zero-order valence-electron chi connectivity index (χ0n) is 7.97. The van der Waals surface area contributed by atoms with Crippen LogP contribution >= 0.6 is 0 Å². The van der Waals surface area contributed by atoms with Crippen molar-refractivity contribution < 1.29 is 0 Å². The molecule has 0 saturated heterocycles. The Morgan fingerprint density at radius 1 is 1.29 bits per heavy atom. The maximum Gasteiger partial charge on any atom is 0.254 e. The Kier molecular flexibility index (Phi) is 1.88. The second-order valence-corrected chi connectivity index (χ2v) is 2.90. The lowest BCUT2D eigenvalue weighted by Gasteiger charge is -2.00. The topological polar surface area (TPSA) is 82.5 Å². The predicted molar refractivity (Wildman–Crippen MR) is 50.8 cm³/mol. The van der Waals surface area contributed by atoms with E-state index in [9.17, 15) is 0 Å². The molecule has 2 N–H and O–H groups in total. The Hall–Kier alpha value is -1.98. The molecule has 0 aromatic carbocycles. The third-order valence-corrected chi connectivity index (χ3v) is 1.73. The van der Waals surface area contributed by atoms with Crippen molar-refractivity contribution in [2.75, 3.05) is 5.73 Å². The van der Waals surface area contributed by atoms with E-state index in [4.69, 9.17) is 5.73 Å². The summed E-state index contributed by atoms with van der Waals surface area (Å²) in [4.78, 5) is 12.2. The normalized spacial score (nSPS) is 10.4. The number of aryl methyl sites for hydroxylation is 2. The van der Waals surface area contributed by atoms with Crippen molar-refractivity contribution >= 4 is 5.82 Å². The monoisotopic (exact) mass is 190 g/mol. The second kappa shape index (κ2) is 3.06. The molecular weight excluding hydrogens is 180 g/mol. The Labute approximate surface area is 80.8 Å². The van der Waals surface area contributed by atoms with Crippen LogP contribution in [0.1, 0.15) is 11.6 Å². The fourth-order valence-electron chi connectivity index (χ4n) is 1.17. The van der Waals surface area contributed by atoms with Crippen molar-refractivity contribution in [2.24, 2.45) is 0 Å². The fourth-order valence-corrected chi connectivity index (χ4v) is 1.17. The smallest absolute Gasteiger partial charge is 0.254 e. The Morgan fingerprint density at radius 3 is 2.64 bits per heavy atom. The van der Waals surface area contributed by atoms with Crippen molar-refractivity contribution in [1.29, 1.82) is 0 Å². The van der Waals surface area contributed by atoms with Gasteiger partial charge in [0, 0.05) is 6.20 Å². The van der Waals surface area contributed by atoms with Crippen molar-refractivity contribution in [3.05, 3.63) is 23.9 Å². The van der Waals surface area contributed by atoms with Crippen LogP contribution in [0.3, 0.4) is 0 Å². The first-order valence-electron chi connectivity index (χ1n) is 4.16. The van der Waals surface area contributed by atoms with Crippen LogP contribution in [0.25, 0.3) is 5.95 Å². The highest BCUT2D eigenvalue weighted by Crippen LogP contribution is 2.04. The molecule has 72 valence electrons. The highest BCUT2D eigenvalue weighted by molar-refractivity contribution is 5.29. The summed E-state index contributed by atoms with van der Waals surface area (Å²) < 4.78 is 1.56. The summed E-state index contributed by atoms with van der Waals surface area (Å²) in [7, 11) is 0. The van der Waals surface area contributed by atoms with Gasteiger partial charge in [0.05, 0.1) is 0 Å². The number of nitrogens with two attached hydrogens (primary N) is 1. The zero-order chi connectivity index (χ0) is 10.1. The highest BCUT2D eigenvalue weighted by Gasteiger charge is 2.07. The van der Waals surface area contributed by atoms with Crippen LogP contribution in [-0.2, 0) is 0 Å². The molecular formula is C8H10N6. The van der Waals surface area contributed by atoms with Crippen LogP contribution in [0, 0.1) is 13.8 Å². The first-order valence-corrected chi connectivity index (χ1v) is 4.16. The van der Waals surface area contributed by atoms with E-state index in [0.29, 0.717) is 17.6 Å². The minimum absolute atomic E-state index is 0.419. The van der Waals surface area contributed by atoms with Crippen LogP contribution in [-0.4, -0.2) is 24.7 Å². The lowest BCUT2D eigenvalue weighted by Crippen LogP contribution is -2.06. The van der Waals surface area contributed by atoms with Gasteiger partial charge in [0.2, 0.25) is 0 Å². The van der Waals surface area contributed by atoms with Crippen LogP contribution in [0.4, 0.5) is 5.82 Å². The molecule has 6 heteroatoms. The van der Waals surface area contributed by atoms with Gasteiger partial charge in [-0.2, -0.15) is 9.67 Å². The Balaban J connectivity index is 2.54. The van der Waals surface area contributed by atoms with Gasteiger partial charge >= 0.3 is 0 Å². The number of nitrogens with zero attached hydrogens (tertiary/aromatic N) is 5. The van der Waals surface area contributed by atoms with Crippen molar-refractivity contribution in [3.63, 3.8) is 0 Å². The molecule has 0 bridgehead atoms. The molecule has 14 heavy (non-hydrogen) atoms. The number of hydrogen-bond acceptors (Lipinski definition) is 5. The molecule has 2 aromatic heterocycles. The summed E-state index contributed by atoms with van der Waals surface area (Å²) in [5.74, 6) is 2.30. The maximum absolute atomic E-state index is 5.54. The van der Waals surface area contributed by atoms with Crippen LogP contribution < -0.4 is 5.73 Å². The number of aromatic nitrogens is 5. The minimum atomic E-state index is 0.419. The average molecular weight is 190 g/mol. The molecule has 0 aliphatic carbocycles. The largest absolute Gasteiger partial charge is 0.384 e. The number of rotatable bonds is 1. The Bertz CT molecular complexity index is 461. The first kappa shape index (κ1) is 8.61. The maximum atomic E-state index is 5.54. The van der Waals surface area contributed by atoms with Crippen molar-refractivity contribution in [1.82, 2.24) is 24.7 Å². The van der Waals surface area contributed by atoms with Gasteiger partial charge in [0.1, 0.15) is 17.5 Å². The third kappa shape index (κ3) is 1.41. The summed E-state index contributed by atoms with van der Waals surface area (Å²) in [5.41, 5.74) is 5.54. The molecule has 0 fully saturated rings. The quantitative estimate of drug-likeness (QED) is 0.697. The van der Waals surface area contributed by atoms with E-state index in [1.165, 1.54) is 0 Å². The summed E-state index contributed by atoms with van der Waals surface area (Å²) in [5, 5.41) is 4.15. The second-order valence-electron chi connectivity index (χ2n) is 2.90. The van der Waals surface area contributed by atoms with Gasteiger partial charge in [-0.05, 0) is 19.9 Å². The highest BCUT2D eigenvalue weighted by atomic mass is 15.4. The van der Waals surface area contributed by atoms with E-state index < -0.39 is 0 Å². The van der Waals surface area contributed by atoms with E-state index in [2.05, 4.69) is 20.1 Å². The summed E-state index contributed by atoms with van der Waals surface area (Å²) in [6.45, 7) is 3.66. The zero-order valence-corrected chi connectivity index (χ0v) is 7.97. The lowest BCUT2D eigenvalue weighted by molar-refractivity contribution is 0.773. The van der Waals surface area contributed by atoms with Crippen molar-refractivity contribution in [3.8, 4) is 5.95 Å². The van der Waals surface area contributed by atoms with Gasteiger partial charge in [-0.3, -0.25) is 0 Å². The van der Waals surface area contributed by atoms with Gasteiger partial charge in [-0.15, -0.1) is 5.10 Å². The Morgan fingerprint density at radius 2 is 2.07 bits per heavy atom. The van der Waals surface area contributed by atoms with E-state index in [-0.39, 0.29) is 0 Å². The molecule has 0 amide bonds. The van der Waals surface area contributed by atoms with E-state index in [0.717, 1.165) is 5.82 Å². The van der Waals surface area contributed by atoms with Gasteiger partial charge in [-0.1, -0.05) is 0 Å². The van der Waals surface area contributed by atoms with Gasteiger partial charge in [0.25, 0.3) is 5.95 Å². The molecule has 0 aliphatic rings. The molecule has 2 rings (SSSR count). The predicted octanol–water partition coefficient (Wildman–Crippen LogP) is 0.256. The summed E-state index contributed by atoms with van der Waals surface area (Å²) in [6, 6.07) is 1.63. The molecule has 0 spiro atoms. The number of anilines is 1. The van der Waals surface area contributed by atoms with Gasteiger partial charge in [0.15, 0.2) is 0 Å².